The van der Waals surface area contributed by atoms with Crippen molar-refractivity contribution in [3.63, 3.8) is 0 Å². The van der Waals surface area contributed by atoms with Crippen LogP contribution in [0.4, 0.5) is 8.78 Å². The number of methoxy groups -OCH3 is 1. The topological polar surface area (TPSA) is 50.4 Å². The maximum atomic E-state index is 13.6. The van der Waals surface area contributed by atoms with E-state index < -0.39 is 11.6 Å². The number of carbonyl (C=O) groups excluding carboxylic acids is 1. The van der Waals surface area contributed by atoms with Crippen molar-refractivity contribution in [2.45, 2.75) is 19.3 Å². The number of carbonyl (C=O) groups is 1. The molecule has 1 aromatic rings. The summed E-state index contributed by atoms with van der Waals surface area (Å²) in [5.41, 5.74) is 0.127. The maximum absolute atomic E-state index is 13.6. The molecule has 0 unspecified atom stereocenters. The van der Waals surface area contributed by atoms with Crippen molar-refractivity contribution in [1.29, 1.82) is 0 Å². The Kier molecular flexibility index (Phi) is 5.85. The average Bonchev–Trinajstić information content (AvgIpc) is 2.50. The van der Waals surface area contributed by atoms with Gasteiger partial charge in [0.05, 0.1) is 13.0 Å². The molecule has 4 nitrogen and oxygen atoms in total. The summed E-state index contributed by atoms with van der Waals surface area (Å²) in [5.74, 6) is -1.60. The molecule has 2 rings (SSSR count). The normalized spacial score (nSPS) is 17.2. The van der Waals surface area contributed by atoms with Gasteiger partial charge in [0, 0.05) is 25.1 Å². The van der Waals surface area contributed by atoms with Crippen molar-refractivity contribution in [3.8, 4) is 0 Å². The number of halogens is 2. The maximum Gasteiger partial charge on any atom is 0.224 e. The highest BCUT2D eigenvalue weighted by molar-refractivity contribution is 5.78. The fraction of sp³-hybridized carbons (Fsp3) is 0.562. The second kappa shape index (κ2) is 7.65. The molecule has 22 heavy (non-hydrogen) atoms. The number of hydrogen-bond donors (Lipinski definition) is 2. The molecule has 0 aromatic heterocycles. The molecule has 1 amide bonds. The van der Waals surface area contributed by atoms with E-state index in [1.54, 1.807) is 7.11 Å². The first kappa shape index (κ1) is 16.8. The Morgan fingerprint density at radius 1 is 1.36 bits per heavy atom. The van der Waals surface area contributed by atoms with Crippen LogP contribution in [0.15, 0.2) is 18.2 Å². The number of nitrogens with one attached hydrogen (secondary N) is 2. The van der Waals surface area contributed by atoms with Gasteiger partial charge < -0.3 is 15.4 Å². The van der Waals surface area contributed by atoms with Crippen LogP contribution in [0.25, 0.3) is 0 Å². The van der Waals surface area contributed by atoms with Crippen LogP contribution in [0.2, 0.25) is 0 Å². The molecular formula is C16H22F2N2O2. The van der Waals surface area contributed by atoms with Gasteiger partial charge in [-0.2, -0.15) is 0 Å². The third-order valence-electron chi connectivity index (χ3n) is 4.14. The minimum Gasteiger partial charge on any atom is -0.384 e. The lowest BCUT2D eigenvalue weighted by Crippen LogP contribution is -2.47. The summed E-state index contributed by atoms with van der Waals surface area (Å²) >= 11 is 0. The van der Waals surface area contributed by atoms with Gasteiger partial charge in [-0.15, -0.1) is 0 Å². The monoisotopic (exact) mass is 312 g/mol. The van der Waals surface area contributed by atoms with Gasteiger partial charge in [0.25, 0.3) is 0 Å². The number of hydrogen-bond acceptors (Lipinski definition) is 3. The Balaban J connectivity index is 1.90. The van der Waals surface area contributed by atoms with Crippen LogP contribution in [-0.4, -0.2) is 39.3 Å². The van der Waals surface area contributed by atoms with Crippen LogP contribution in [0.3, 0.4) is 0 Å². The minimum atomic E-state index is -0.691. The van der Waals surface area contributed by atoms with Crippen molar-refractivity contribution in [1.82, 2.24) is 10.6 Å². The van der Waals surface area contributed by atoms with Crippen LogP contribution >= 0.6 is 0 Å². The first-order chi connectivity index (χ1) is 10.5. The van der Waals surface area contributed by atoms with E-state index in [2.05, 4.69) is 10.6 Å². The number of amides is 1. The zero-order chi connectivity index (χ0) is 16.0. The van der Waals surface area contributed by atoms with E-state index in [4.69, 9.17) is 4.74 Å². The standard InChI is InChI=1S/C16H22F2N2O2/c1-22-11-16(4-6-19-7-5-16)10-20-15(21)8-12-2-3-13(17)9-14(12)18/h2-3,9,19H,4-8,10-11H2,1H3,(H,20,21). The van der Waals surface area contributed by atoms with Crippen LogP contribution in [-0.2, 0) is 16.0 Å². The van der Waals surface area contributed by atoms with Gasteiger partial charge in [0.2, 0.25) is 5.91 Å². The highest BCUT2D eigenvalue weighted by Gasteiger charge is 2.32. The van der Waals surface area contributed by atoms with Crippen molar-refractivity contribution in [2.75, 3.05) is 33.4 Å². The zero-order valence-corrected chi connectivity index (χ0v) is 12.8. The largest absolute Gasteiger partial charge is 0.384 e. The smallest absolute Gasteiger partial charge is 0.224 e. The second-order valence-corrected chi connectivity index (χ2v) is 5.87. The number of rotatable bonds is 6. The third-order valence-corrected chi connectivity index (χ3v) is 4.14. The van der Waals surface area contributed by atoms with Gasteiger partial charge in [-0.05, 0) is 37.6 Å². The summed E-state index contributed by atoms with van der Waals surface area (Å²) in [5, 5.41) is 6.15. The molecule has 1 fully saturated rings. The molecule has 1 heterocycles. The number of ether oxygens (including phenoxy) is 1. The number of benzene rings is 1. The van der Waals surface area contributed by atoms with Crippen LogP contribution in [0.1, 0.15) is 18.4 Å². The summed E-state index contributed by atoms with van der Waals surface area (Å²) in [6.45, 7) is 2.88. The van der Waals surface area contributed by atoms with Gasteiger partial charge in [0.1, 0.15) is 11.6 Å². The van der Waals surface area contributed by atoms with Crippen molar-refractivity contribution in [3.05, 3.63) is 35.4 Å². The lowest BCUT2D eigenvalue weighted by atomic mass is 9.79. The zero-order valence-electron chi connectivity index (χ0n) is 12.8. The Labute approximate surface area is 129 Å². The van der Waals surface area contributed by atoms with Gasteiger partial charge >= 0.3 is 0 Å². The summed E-state index contributed by atoms with van der Waals surface area (Å²) in [4.78, 5) is 12.0. The fourth-order valence-corrected chi connectivity index (χ4v) is 2.82. The van der Waals surface area contributed by atoms with Crippen molar-refractivity contribution < 1.29 is 18.3 Å². The molecule has 0 saturated carbocycles. The lowest BCUT2D eigenvalue weighted by Gasteiger charge is -2.37. The molecule has 2 N–H and O–H groups in total. The number of piperidine rings is 1. The van der Waals surface area contributed by atoms with E-state index in [0.29, 0.717) is 13.2 Å². The minimum absolute atomic E-state index is 0.0724. The molecule has 0 spiro atoms. The summed E-state index contributed by atoms with van der Waals surface area (Å²) in [7, 11) is 1.65. The fourth-order valence-electron chi connectivity index (χ4n) is 2.82. The molecule has 1 aromatic carbocycles. The van der Waals surface area contributed by atoms with Crippen LogP contribution in [0.5, 0.6) is 0 Å². The molecule has 0 aliphatic carbocycles. The highest BCUT2D eigenvalue weighted by atomic mass is 19.1. The first-order valence-electron chi connectivity index (χ1n) is 7.45. The molecule has 0 atom stereocenters. The van der Waals surface area contributed by atoms with Crippen molar-refractivity contribution in [2.24, 2.45) is 5.41 Å². The Morgan fingerprint density at radius 3 is 2.73 bits per heavy atom. The van der Waals surface area contributed by atoms with Crippen LogP contribution < -0.4 is 10.6 Å². The quantitative estimate of drug-likeness (QED) is 0.839. The van der Waals surface area contributed by atoms with E-state index in [-0.39, 0.29) is 23.3 Å². The van der Waals surface area contributed by atoms with E-state index in [1.165, 1.54) is 6.07 Å². The SMILES string of the molecule is COCC1(CNC(=O)Cc2ccc(F)cc2F)CCNCC1. The van der Waals surface area contributed by atoms with Crippen LogP contribution in [0, 0.1) is 17.0 Å². The van der Waals surface area contributed by atoms with Crippen molar-refractivity contribution >= 4 is 5.91 Å². The van der Waals surface area contributed by atoms with Gasteiger partial charge in [-0.25, -0.2) is 8.78 Å². The Hall–Kier alpha value is -1.53. The van der Waals surface area contributed by atoms with E-state index in [0.717, 1.165) is 38.1 Å². The molecule has 0 bridgehead atoms. The third kappa shape index (κ3) is 4.48. The molecule has 0 radical (unpaired) electrons. The predicted molar refractivity (Wildman–Crippen MR) is 79.5 cm³/mol. The lowest BCUT2D eigenvalue weighted by molar-refractivity contribution is -0.121. The highest BCUT2D eigenvalue weighted by Crippen LogP contribution is 2.28. The van der Waals surface area contributed by atoms with E-state index >= 15 is 0 Å². The van der Waals surface area contributed by atoms with Gasteiger partial charge in [-0.1, -0.05) is 6.07 Å². The molecular weight excluding hydrogens is 290 g/mol. The first-order valence-corrected chi connectivity index (χ1v) is 7.45. The summed E-state index contributed by atoms with van der Waals surface area (Å²) in [6.07, 6.45) is 1.76. The summed E-state index contributed by atoms with van der Waals surface area (Å²) in [6, 6.07) is 3.26. The molecule has 1 saturated heterocycles. The van der Waals surface area contributed by atoms with Gasteiger partial charge in [0.15, 0.2) is 0 Å². The molecule has 1 aliphatic heterocycles. The average molecular weight is 312 g/mol. The van der Waals surface area contributed by atoms with Gasteiger partial charge in [-0.3, -0.25) is 4.79 Å². The molecule has 1 aliphatic rings. The molecule has 6 heteroatoms. The molecule has 122 valence electrons. The Bertz CT molecular complexity index is 511. The second-order valence-electron chi connectivity index (χ2n) is 5.87. The van der Waals surface area contributed by atoms with E-state index in [9.17, 15) is 13.6 Å². The summed E-state index contributed by atoms with van der Waals surface area (Å²) < 4.78 is 31.7. The Morgan fingerprint density at radius 2 is 2.09 bits per heavy atom. The van der Waals surface area contributed by atoms with E-state index in [1.807, 2.05) is 0 Å². The predicted octanol–water partition coefficient (Wildman–Crippen LogP) is 1.64.